The minimum absolute atomic E-state index is 0.0209. The number of hydrogen-bond donors (Lipinski definition) is 1. The van der Waals surface area contributed by atoms with Crippen molar-refractivity contribution in [3.05, 3.63) is 28.8 Å². The van der Waals surface area contributed by atoms with Crippen molar-refractivity contribution >= 4 is 11.6 Å². The van der Waals surface area contributed by atoms with Crippen molar-refractivity contribution in [2.24, 2.45) is 0 Å². The topological polar surface area (TPSA) is 21.3 Å². The van der Waals surface area contributed by atoms with E-state index in [1.54, 1.807) is 0 Å². The number of rotatable bonds is 6. The normalized spacial score (nSPS) is 11.2. The number of benzene rings is 1. The maximum absolute atomic E-state index is 12.1. The van der Waals surface area contributed by atoms with Crippen LogP contribution in [0.4, 0.5) is 17.6 Å². The van der Waals surface area contributed by atoms with E-state index in [0.717, 1.165) is 0 Å². The van der Waals surface area contributed by atoms with Crippen LogP contribution in [0, 0.1) is 0 Å². The lowest BCUT2D eigenvalue weighted by molar-refractivity contribution is -0.0505. The smallest absolute Gasteiger partial charge is 0.387 e. The minimum atomic E-state index is -2.97. The van der Waals surface area contributed by atoms with Crippen LogP contribution in [0.2, 0.25) is 5.02 Å². The molecule has 17 heavy (non-hydrogen) atoms. The Hall–Kier alpha value is -1.01. The van der Waals surface area contributed by atoms with Gasteiger partial charge >= 0.3 is 6.61 Å². The molecule has 0 spiro atoms. The van der Waals surface area contributed by atoms with Crippen LogP contribution in [0.5, 0.6) is 5.75 Å². The quantitative estimate of drug-likeness (QED) is 0.802. The highest BCUT2D eigenvalue weighted by molar-refractivity contribution is 6.30. The summed E-state index contributed by atoms with van der Waals surface area (Å²) in [5.74, 6) is -0.0776. The van der Waals surface area contributed by atoms with Crippen molar-refractivity contribution in [3.63, 3.8) is 0 Å². The molecule has 0 fully saturated rings. The summed E-state index contributed by atoms with van der Waals surface area (Å²) in [5, 5.41) is 2.73. The third kappa shape index (κ3) is 5.23. The second-order valence-corrected chi connectivity index (χ2v) is 3.59. The molecule has 1 N–H and O–H groups in total. The maximum atomic E-state index is 12.1. The van der Waals surface area contributed by atoms with Gasteiger partial charge in [0.05, 0.1) is 6.54 Å². The highest BCUT2D eigenvalue weighted by Crippen LogP contribution is 2.24. The van der Waals surface area contributed by atoms with Gasteiger partial charge in [-0.05, 0) is 18.2 Å². The van der Waals surface area contributed by atoms with Gasteiger partial charge in [0.15, 0.2) is 0 Å². The molecule has 0 aliphatic heterocycles. The van der Waals surface area contributed by atoms with Crippen LogP contribution >= 0.6 is 11.6 Å². The molecule has 1 aromatic carbocycles. The van der Waals surface area contributed by atoms with Gasteiger partial charge in [0.2, 0.25) is 0 Å². The van der Waals surface area contributed by atoms with E-state index in [-0.39, 0.29) is 12.3 Å². The predicted molar refractivity (Wildman–Crippen MR) is 55.8 cm³/mol. The first-order valence-electron chi connectivity index (χ1n) is 4.71. The van der Waals surface area contributed by atoms with Crippen molar-refractivity contribution in [3.8, 4) is 5.75 Å². The van der Waals surface area contributed by atoms with Crippen LogP contribution in [0.15, 0.2) is 18.2 Å². The molecule has 0 aliphatic carbocycles. The average molecular weight is 272 g/mol. The lowest BCUT2D eigenvalue weighted by Gasteiger charge is -2.11. The molecule has 0 aliphatic rings. The van der Waals surface area contributed by atoms with Crippen LogP contribution in [-0.4, -0.2) is 19.6 Å². The van der Waals surface area contributed by atoms with E-state index in [1.807, 2.05) is 0 Å². The molecule has 0 saturated carbocycles. The first kappa shape index (κ1) is 14.1. The van der Waals surface area contributed by atoms with Gasteiger partial charge in [0.1, 0.15) is 5.75 Å². The molecule has 0 saturated heterocycles. The summed E-state index contributed by atoms with van der Waals surface area (Å²) in [6.07, 6.45) is -2.51. The zero-order valence-corrected chi connectivity index (χ0v) is 9.35. The molecule has 96 valence electrons. The monoisotopic (exact) mass is 271 g/mol. The fourth-order valence-electron chi connectivity index (χ4n) is 1.21. The Morgan fingerprint density at radius 1 is 1.24 bits per heavy atom. The predicted octanol–water partition coefficient (Wildman–Crippen LogP) is 3.30. The van der Waals surface area contributed by atoms with E-state index in [4.69, 9.17) is 11.6 Å². The molecular formula is C10H10ClF4NO. The van der Waals surface area contributed by atoms with Crippen molar-refractivity contribution in [2.45, 2.75) is 19.6 Å². The van der Waals surface area contributed by atoms with Crippen LogP contribution in [0.25, 0.3) is 0 Å². The van der Waals surface area contributed by atoms with E-state index in [1.165, 1.54) is 18.2 Å². The summed E-state index contributed by atoms with van der Waals surface area (Å²) in [6.45, 7) is -3.52. The molecule has 0 atom stereocenters. The van der Waals surface area contributed by atoms with Crippen LogP contribution in [0.3, 0.4) is 0 Å². The molecule has 0 heterocycles. The molecule has 2 nitrogen and oxygen atoms in total. The van der Waals surface area contributed by atoms with E-state index >= 15 is 0 Å². The van der Waals surface area contributed by atoms with Gasteiger partial charge in [-0.15, -0.1) is 0 Å². The SMILES string of the molecule is FC(F)CNCc1cc(Cl)ccc1OC(F)F. The van der Waals surface area contributed by atoms with E-state index in [9.17, 15) is 17.6 Å². The fourth-order valence-corrected chi connectivity index (χ4v) is 1.41. The van der Waals surface area contributed by atoms with Gasteiger partial charge in [0.25, 0.3) is 6.43 Å². The number of nitrogens with one attached hydrogen (secondary N) is 1. The fraction of sp³-hybridized carbons (Fsp3) is 0.400. The second-order valence-electron chi connectivity index (χ2n) is 3.15. The molecular weight excluding hydrogens is 262 g/mol. The lowest BCUT2D eigenvalue weighted by atomic mass is 10.2. The molecule has 1 rings (SSSR count). The largest absolute Gasteiger partial charge is 0.434 e. The summed E-state index contributed by atoms with van der Waals surface area (Å²) in [4.78, 5) is 0. The van der Waals surface area contributed by atoms with Crippen molar-refractivity contribution < 1.29 is 22.3 Å². The van der Waals surface area contributed by atoms with Gasteiger partial charge in [-0.3, -0.25) is 0 Å². The highest BCUT2D eigenvalue weighted by atomic mass is 35.5. The minimum Gasteiger partial charge on any atom is -0.434 e. The summed E-state index contributed by atoms with van der Waals surface area (Å²) >= 11 is 5.68. The Bertz CT molecular complexity index is 362. The third-order valence-electron chi connectivity index (χ3n) is 1.85. The number of alkyl halides is 4. The van der Waals surface area contributed by atoms with E-state index < -0.39 is 19.6 Å². The Labute approximate surface area is 101 Å². The average Bonchev–Trinajstić information content (AvgIpc) is 2.21. The third-order valence-corrected chi connectivity index (χ3v) is 2.09. The summed E-state index contributed by atoms with van der Waals surface area (Å²) in [7, 11) is 0. The van der Waals surface area contributed by atoms with E-state index in [2.05, 4.69) is 10.1 Å². The highest BCUT2D eigenvalue weighted by Gasteiger charge is 2.10. The number of hydrogen-bond acceptors (Lipinski definition) is 2. The Morgan fingerprint density at radius 3 is 2.53 bits per heavy atom. The van der Waals surface area contributed by atoms with Gasteiger partial charge in [-0.25, -0.2) is 8.78 Å². The number of halogens is 5. The van der Waals surface area contributed by atoms with Crippen LogP contribution in [-0.2, 0) is 6.54 Å². The zero-order valence-electron chi connectivity index (χ0n) is 8.60. The van der Waals surface area contributed by atoms with Crippen LogP contribution < -0.4 is 10.1 Å². The van der Waals surface area contributed by atoms with Gasteiger partial charge < -0.3 is 10.1 Å². The first-order chi connectivity index (χ1) is 7.99. The summed E-state index contributed by atoms with van der Waals surface area (Å²) in [6, 6.07) is 4.04. The molecule has 1 aromatic rings. The van der Waals surface area contributed by atoms with E-state index in [0.29, 0.717) is 10.6 Å². The molecule has 0 unspecified atom stereocenters. The molecule has 7 heteroatoms. The van der Waals surface area contributed by atoms with Crippen molar-refractivity contribution in [1.82, 2.24) is 5.32 Å². The second kappa shape index (κ2) is 6.66. The van der Waals surface area contributed by atoms with Gasteiger partial charge in [-0.1, -0.05) is 11.6 Å². The Kier molecular flexibility index (Phi) is 5.50. The van der Waals surface area contributed by atoms with Crippen molar-refractivity contribution in [2.75, 3.05) is 6.54 Å². The van der Waals surface area contributed by atoms with Gasteiger partial charge in [-0.2, -0.15) is 8.78 Å². The molecule has 0 radical (unpaired) electrons. The first-order valence-corrected chi connectivity index (χ1v) is 5.09. The lowest BCUT2D eigenvalue weighted by Crippen LogP contribution is -2.21. The molecule has 0 aromatic heterocycles. The molecule has 0 amide bonds. The maximum Gasteiger partial charge on any atom is 0.387 e. The Morgan fingerprint density at radius 2 is 1.94 bits per heavy atom. The summed E-state index contributed by atoms with van der Waals surface area (Å²) < 4.78 is 52.1. The number of ether oxygens (including phenoxy) is 1. The van der Waals surface area contributed by atoms with Crippen LogP contribution in [0.1, 0.15) is 5.56 Å². The molecule has 0 bridgehead atoms. The Balaban J connectivity index is 2.69. The van der Waals surface area contributed by atoms with Gasteiger partial charge in [0, 0.05) is 17.1 Å². The summed E-state index contributed by atoms with van der Waals surface area (Å²) in [5.41, 5.74) is 0.304. The standard InChI is InChI=1S/C10H10ClF4NO/c11-7-1-2-8(17-10(14)15)6(3-7)4-16-5-9(12)13/h1-3,9-10,16H,4-5H2. The zero-order chi connectivity index (χ0) is 12.8. The van der Waals surface area contributed by atoms with Crippen molar-refractivity contribution in [1.29, 1.82) is 0 Å².